The van der Waals surface area contributed by atoms with E-state index in [1.807, 2.05) is 30.3 Å². The van der Waals surface area contributed by atoms with Crippen molar-refractivity contribution in [3.63, 3.8) is 0 Å². The number of nitrogens with zero attached hydrogens (tertiary/aromatic N) is 1. The second-order valence-corrected chi connectivity index (χ2v) is 9.53. The fourth-order valence-corrected chi connectivity index (χ4v) is 5.06. The summed E-state index contributed by atoms with van der Waals surface area (Å²) >= 11 is 5.45. The Morgan fingerprint density at radius 3 is 2.48 bits per heavy atom. The zero-order valence-corrected chi connectivity index (χ0v) is 19.8. The van der Waals surface area contributed by atoms with Gasteiger partial charge in [-0.3, -0.25) is 9.59 Å². The Morgan fingerprint density at radius 1 is 1.12 bits per heavy atom. The Morgan fingerprint density at radius 2 is 1.82 bits per heavy atom. The number of rotatable bonds is 9. The molecule has 1 aromatic rings. The molecule has 0 bridgehead atoms. The van der Waals surface area contributed by atoms with Gasteiger partial charge in [0.15, 0.2) is 0 Å². The first-order valence-corrected chi connectivity index (χ1v) is 12.3. The van der Waals surface area contributed by atoms with Crippen LogP contribution in [0.4, 0.5) is 0 Å². The van der Waals surface area contributed by atoms with Gasteiger partial charge in [0.25, 0.3) is 0 Å². The molecule has 1 saturated heterocycles. The SMILES string of the molecule is N[C@H](C(=O)N1CCC[C@H]1C(=O)N[C@@H](Cc1ccccc1)C(=S)NCB(O)O)C1CCCCC1. The van der Waals surface area contributed by atoms with Gasteiger partial charge in [-0.2, -0.15) is 0 Å². The number of benzene rings is 1. The summed E-state index contributed by atoms with van der Waals surface area (Å²) in [5, 5.41) is 24.1. The Kier molecular flexibility index (Phi) is 9.67. The van der Waals surface area contributed by atoms with Crippen LogP contribution in [0.25, 0.3) is 0 Å². The van der Waals surface area contributed by atoms with Gasteiger partial charge in [-0.15, -0.1) is 0 Å². The van der Waals surface area contributed by atoms with Crippen LogP contribution in [0.1, 0.15) is 50.5 Å². The van der Waals surface area contributed by atoms with E-state index >= 15 is 0 Å². The Balaban J connectivity index is 1.67. The molecule has 1 saturated carbocycles. The predicted octanol–water partition coefficient (Wildman–Crippen LogP) is 0.542. The molecule has 3 rings (SSSR count). The van der Waals surface area contributed by atoms with Crippen molar-refractivity contribution in [3.8, 4) is 0 Å². The molecular weight excluding hydrogens is 439 g/mol. The molecule has 0 aromatic heterocycles. The first-order valence-electron chi connectivity index (χ1n) is 11.9. The Hall–Kier alpha value is -2.01. The molecule has 2 fully saturated rings. The topological polar surface area (TPSA) is 128 Å². The first kappa shape index (κ1) is 25.6. The molecule has 1 heterocycles. The number of nitrogens with one attached hydrogen (secondary N) is 2. The summed E-state index contributed by atoms with van der Waals surface area (Å²) in [4.78, 5) is 28.4. The largest absolute Gasteiger partial charge is 0.471 e. The van der Waals surface area contributed by atoms with E-state index in [0.717, 1.165) is 37.7 Å². The third kappa shape index (κ3) is 7.24. The maximum absolute atomic E-state index is 13.3. The highest BCUT2D eigenvalue weighted by molar-refractivity contribution is 7.80. The van der Waals surface area contributed by atoms with E-state index in [0.29, 0.717) is 24.4 Å². The molecule has 2 aliphatic rings. The van der Waals surface area contributed by atoms with Crippen molar-refractivity contribution in [3.05, 3.63) is 35.9 Å². The number of nitrogens with two attached hydrogens (primary N) is 1. The van der Waals surface area contributed by atoms with Crippen molar-refractivity contribution in [2.24, 2.45) is 11.7 Å². The number of hydrogen-bond acceptors (Lipinski definition) is 6. The van der Waals surface area contributed by atoms with Gasteiger partial charge in [-0.05, 0) is 43.6 Å². The van der Waals surface area contributed by atoms with Crippen molar-refractivity contribution in [2.45, 2.75) is 69.5 Å². The van der Waals surface area contributed by atoms with Gasteiger partial charge < -0.3 is 31.3 Å². The summed E-state index contributed by atoms with van der Waals surface area (Å²) in [6.07, 6.45) is 6.98. The molecule has 1 aliphatic carbocycles. The molecule has 33 heavy (non-hydrogen) atoms. The lowest BCUT2D eigenvalue weighted by Gasteiger charge is -2.32. The molecule has 1 aliphatic heterocycles. The normalized spacial score (nSPS) is 20.7. The fraction of sp³-hybridized carbons (Fsp3) is 0.609. The van der Waals surface area contributed by atoms with Crippen molar-refractivity contribution >= 4 is 36.1 Å². The van der Waals surface area contributed by atoms with Gasteiger partial charge in [0.05, 0.1) is 23.5 Å². The number of carbonyl (C=O) groups is 2. The van der Waals surface area contributed by atoms with Crippen LogP contribution >= 0.6 is 12.2 Å². The second-order valence-electron chi connectivity index (χ2n) is 9.09. The average Bonchev–Trinajstić information content (AvgIpc) is 3.32. The monoisotopic (exact) mass is 474 g/mol. The number of carbonyl (C=O) groups excluding carboxylic acids is 2. The lowest BCUT2D eigenvalue weighted by molar-refractivity contribution is -0.140. The van der Waals surface area contributed by atoms with Crippen LogP contribution in [0.3, 0.4) is 0 Å². The summed E-state index contributed by atoms with van der Waals surface area (Å²) in [7, 11) is -1.56. The fourth-order valence-electron chi connectivity index (χ4n) is 4.83. The zero-order chi connectivity index (χ0) is 23.8. The van der Waals surface area contributed by atoms with Gasteiger partial charge >= 0.3 is 7.12 Å². The van der Waals surface area contributed by atoms with Gasteiger partial charge in [-0.1, -0.05) is 61.8 Å². The molecule has 1 aromatic carbocycles. The molecule has 2 amide bonds. The van der Waals surface area contributed by atoms with Crippen LogP contribution < -0.4 is 16.4 Å². The highest BCUT2D eigenvalue weighted by atomic mass is 32.1. The van der Waals surface area contributed by atoms with Crippen LogP contribution in [0.15, 0.2) is 30.3 Å². The lowest BCUT2D eigenvalue weighted by atomic mass is 9.83. The smallest absolute Gasteiger partial charge is 0.426 e. The summed E-state index contributed by atoms with van der Waals surface area (Å²) in [5.41, 5.74) is 7.33. The van der Waals surface area contributed by atoms with E-state index in [1.54, 1.807) is 4.90 Å². The number of amides is 2. The molecule has 10 heteroatoms. The van der Waals surface area contributed by atoms with E-state index in [1.165, 1.54) is 6.42 Å². The average molecular weight is 474 g/mol. The minimum atomic E-state index is -1.56. The molecular formula is C23H35BN4O4S. The van der Waals surface area contributed by atoms with E-state index in [9.17, 15) is 19.6 Å². The molecule has 6 N–H and O–H groups in total. The third-order valence-corrected chi connectivity index (χ3v) is 7.08. The molecule has 8 nitrogen and oxygen atoms in total. The van der Waals surface area contributed by atoms with Crippen LogP contribution in [-0.4, -0.2) is 70.0 Å². The lowest BCUT2D eigenvalue weighted by Crippen LogP contribution is -2.56. The van der Waals surface area contributed by atoms with Crippen molar-refractivity contribution in [2.75, 3.05) is 13.0 Å². The first-order chi connectivity index (χ1) is 15.9. The molecule has 3 atom stereocenters. The minimum absolute atomic E-state index is 0.135. The minimum Gasteiger partial charge on any atom is -0.426 e. The Labute approximate surface area is 201 Å². The van der Waals surface area contributed by atoms with Crippen molar-refractivity contribution in [1.82, 2.24) is 15.5 Å². The third-order valence-electron chi connectivity index (χ3n) is 6.66. The number of thiocarbonyl (C=S) groups is 1. The summed E-state index contributed by atoms with van der Waals surface area (Å²) in [6.45, 7) is 0.528. The summed E-state index contributed by atoms with van der Waals surface area (Å²) in [6, 6.07) is 7.93. The van der Waals surface area contributed by atoms with Gasteiger partial charge in [0.2, 0.25) is 11.8 Å². The maximum Gasteiger partial charge on any atom is 0.471 e. The molecule has 0 unspecified atom stereocenters. The summed E-state index contributed by atoms with van der Waals surface area (Å²) in [5.74, 6) is -0.210. The van der Waals surface area contributed by atoms with E-state index in [2.05, 4.69) is 10.6 Å². The standard InChI is InChI=1S/C23H35BN4O4S/c25-20(17-10-5-2-6-11-17)23(30)28-13-7-12-19(28)21(29)27-18(22(33)26-15-24(31)32)14-16-8-3-1-4-9-16/h1,3-4,8-9,17-20,31-32H,2,5-7,10-15,25H2,(H,26,33)(H,27,29)/t18-,19-,20-/m0/s1. The zero-order valence-electron chi connectivity index (χ0n) is 19.0. The quantitative estimate of drug-likeness (QED) is 0.261. The highest BCUT2D eigenvalue weighted by Crippen LogP contribution is 2.28. The van der Waals surface area contributed by atoms with Crippen molar-refractivity contribution in [1.29, 1.82) is 0 Å². The molecule has 180 valence electrons. The maximum atomic E-state index is 13.3. The van der Waals surface area contributed by atoms with Crippen LogP contribution in [0.5, 0.6) is 0 Å². The van der Waals surface area contributed by atoms with Gasteiger partial charge in [0.1, 0.15) is 6.04 Å². The highest BCUT2D eigenvalue weighted by Gasteiger charge is 2.39. The van der Waals surface area contributed by atoms with Gasteiger partial charge in [-0.25, -0.2) is 0 Å². The number of likely N-dealkylation sites (tertiary alicyclic amines) is 1. The molecule has 0 radical (unpaired) electrons. The molecule has 0 spiro atoms. The van der Waals surface area contributed by atoms with Crippen LogP contribution in [0.2, 0.25) is 0 Å². The van der Waals surface area contributed by atoms with Crippen LogP contribution in [0, 0.1) is 5.92 Å². The van der Waals surface area contributed by atoms with Gasteiger partial charge in [0, 0.05) is 6.54 Å². The van der Waals surface area contributed by atoms with Crippen molar-refractivity contribution < 1.29 is 19.6 Å². The summed E-state index contributed by atoms with van der Waals surface area (Å²) < 4.78 is 0. The van der Waals surface area contributed by atoms with Crippen LogP contribution in [-0.2, 0) is 16.0 Å². The van der Waals surface area contributed by atoms with E-state index in [-0.39, 0.29) is 24.2 Å². The van der Waals surface area contributed by atoms with E-state index < -0.39 is 25.2 Å². The second kappa shape index (κ2) is 12.5. The Bertz CT molecular complexity index is 807. The van der Waals surface area contributed by atoms with E-state index in [4.69, 9.17) is 18.0 Å². The predicted molar refractivity (Wildman–Crippen MR) is 132 cm³/mol. The number of hydrogen-bond donors (Lipinski definition) is 5.